The van der Waals surface area contributed by atoms with Gasteiger partial charge < -0.3 is 9.47 Å². The van der Waals surface area contributed by atoms with Gasteiger partial charge in [0.15, 0.2) is 17.8 Å². The molecule has 0 N–H and O–H groups in total. The average Bonchev–Trinajstić information content (AvgIpc) is 2.83. The molecular weight excluding hydrogens is 400 g/mol. The highest BCUT2D eigenvalue weighted by atomic mass is 16.5. The van der Waals surface area contributed by atoms with E-state index < -0.39 is 0 Å². The van der Waals surface area contributed by atoms with Crippen LogP contribution in [0.15, 0.2) is 41.4 Å². The van der Waals surface area contributed by atoms with Crippen molar-refractivity contribution < 1.29 is 14.3 Å². The number of hydrogen-bond donors (Lipinski definition) is 0. The lowest BCUT2D eigenvalue weighted by atomic mass is 9.95. The first-order valence-corrected chi connectivity index (χ1v) is 11.8. The fraction of sp³-hybridized carbons (Fsp3) is 0.481. The third kappa shape index (κ3) is 6.92. The van der Waals surface area contributed by atoms with Crippen LogP contribution >= 0.6 is 0 Å². The van der Waals surface area contributed by atoms with Crippen molar-refractivity contribution in [2.24, 2.45) is 4.99 Å². The van der Waals surface area contributed by atoms with Gasteiger partial charge in [0, 0.05) is 30.4 Å². The summed E-state index contributed by atoms with van der Waals surface area (Å²) in [4.78, 5) is 18.6. The Morgan fingerprint density at radius 2 is 1.84 bits per heavy atom. The number of carbonyl (C=O) groups excluding carboxylic acids is 1. The van der Waals surface area contributed by atoms with Crippen LogP contribution in [-0.2, 0) is 13.0 Å². The highest BCUT2D eigenvalue weighted by Gasteiger charge is 2.21. The molecule has 2 aromatic rings. The molecule has 0 aromatic heterocycles. The topological polar surface area (TPSA) is 51.1 Å². The summed E-state index contributed by atoms with van der Waals surface area (Å²) in [6.07, 6.45) is 8.21. The molecule has 32 heavy (non-hydrogen) atoms. The first-order valence-electron chi connectivity index (χ1n) is 11.8. The lowest BCUT2D eigenvalue weighted by molar-refractivity contribution is 0.112. The average molecular weight is 439 g/mol. The fourth-order valence-corrected chi connectivity index (χ4v) is 3.77. The minimum atomic E-state index is 0.180. The van der Waals surface area contributed by atoms with E-state index in [4.69, 9.17) is 9.47 Å². The molecule has 0 bridgehead atoms. The van der Waals surface area contributed by atoms with Crippen LogP contribution < -0.4 is 9.47 Å². The second-order valence-electron chi connectivity index (χ2n) is 7.82. The largest absolute Gasteiger partial charge is 0.493 e. The number of unbranched alkanes of at least 4 members (excludes halogenated alkanes) is 3. The normalized spacial score (nSPS) is 15.6. The van der Waals surface area contributed by atoms with E-state index in [0.29, 0.717) is 29.4 Å². The maximum absolute atomic E-state index is 11.6. The molecule has 1 atom stereocenters. The monoisotopic (exact) mass is 438 g/mol. The standard InChI is InChI=1S/C25H32N2O3.C2H6/c1-4-5-6-9-12-30-25-15-23(21(18-28)14-24(25)29-3)26-16-22-13-19-10-7-8-11-20(19)17-27(22)2;1-2/h7-8,10-11,14-16,18,22H,4-6,9,12-13,17H2,1-3H3;1-2H3. The Labute approximate surface area is 193 Å². The van der Waals surface area contributed by atoms with Crippen LogP contribution in [0.2, 0.25) is 0 Å². The number of ether oxygens (including phenoxy) is 2. The summed E-state index contributed by atoms with van der Waals surface area (Å²) in [5, 5.41) is 0. The molecule has 1 heterocycles. The third-order valence-electron chi connectivity index (χ3n) is 5.61. The number of aliphatic imine (C=N–C) groups is 1. The van der Waals surface area contributed by atoms with Gasteiger partial charge in [-0.15, -0.1) is 0 Å². The van der Waals surface area contributed by atoms with Gasteiger partial charge in [-0.05, 0) is 37.1 Å². The van der Waals surface area contributed by atoms with E-state index in [1.807, 2.05) is 26.1 Å². The van der Waals surface area contributed by atoms with Crippen molar-refractivity contribution in [1.29, 1.82) is 0 Å². The molecule has 2 aromatic carbocycles. The fourth-order valence-electron chi connectivity index (χ4n) is 3.77. The van der Waals surface area contributed by atoms with E-state index in [9.17, 15) is 4.79 Å². The molecule has 0 amide bonds. The van der Waals surface area contributed by atoms with Crippen LogP contribution in [0.3, 0.4) is 0 Å². The Hall–Kier alpha value is -2.66. The Morgan fingerprint density at radius 3 is 2.53 bits per heavy atom. The molecule has 0 saturated heterocycles. The minimum absolute atomic E-state index is 0.180. The van der Waals surface area contributed by atoms with Crippen molar-refractivity contribution in [3.05, 3.63) is 53.1 Å². The van der Waals surface area contributed by atoms with Crippen LogP contribution in [0.1, 0.15) is 67.9 Å². The highest BCUT2D eigenvalue weighted by molar-refractivity contribution is 5.87. The zero-order chi connectivity index (χ0) is 23.3. The number of fused-ring (bicyclic) bond motifs is 1. The Bertz CT molecular complexity index is 879. The SMILES string of the molecule is CC.CCCCCCOc1cc(N=CC2Cc3ccccc3CN2C)c(C=O)cc1OC. The van der Waals surface area contributed by atoms with Gasteiger partial charge in [0.25, 0.3) is 0 Å². The van der Waals surface area contributed by atoms with E-state index in [-0.39, 0.29) is 6.04 Å². The lowest BCUT2D eigenvalue weighted by Gasteiger charge is -2.31. The summed E-state index contributed by atoms with van der Waals surface area (Å²) in [6.45, 7) is 7.71. The van der Waals surface area contributed by atoms with Crippen LogP contribution in [0.4, 0.5) is 5.69 Å². The molecule has 0 fully saturated rings. The lowest BCUT2D eigenvalue weighted by Crippen LogP contribution is -2.38. The van der Waals surface area contributed by atoms with Crippen LogP contribution in [0.25, 0.3) is 0 Å². The Balaban J connectivity index is 0.00000176. The number of aldehydes is 1. The quantitative estimate of drug-likeness (QED) is 0.250. The van der Waals surface area contributed by atoms with Crippen molar-refractivity contribution in [3.8, 4) is 11.5 Å². The number of carbonyl (C=O) groups is 1. The van der Waals surface area contributed by atoms with Gasteiger partial charge >= 0.3 is 0 Å². The molecule has 1 aliphatic rings. The summed E-state index contributed by atoms with van der Waals surface area (Å²) in [6, 6.07) is 12.2. The van der Waals surface area contributed by atoms with E-state index in [1.165, 1.54) is 24.0 Å². The highest BCUT2D eigenvalue weighted by Crippen LogP contribution is 2.34. The maximum atomic E-state index is 11.6. The van der Waals surface area contributed by atoms with Crippen LogP contribution in [-0.4, -0.2) is 44.2 Å². The van der Waals surface area contributed by atoms with Crippen molar-refractivity contribution in [3.63, 3.8) is 0 Å². The molecule has 5 heteroatoms. The van der Waals surface area contributed by atoms with Gasteiger partial charge in [0.1, 0.15) is 0 Å². The number of hydrogen-bond acceptors (Lipinski definition) is 5. The van der Waals surface area contributed by atoms with Crippen LogP contribution in [0.5, 0.6) is 11.5 Å². The van der Waals surface area contributed by atoms with Gasteiger partial charge in [0.05, 0.1) is 19.4 Å². The predicted octanol–water partition coefficient (Wildman–Crippen LogP) is 6.25. The molecule has 0 spiro atoms. The second-order valence-corrected chi connectivity index (χ2v) is 7.82. The smallest absolute Gasteiger partial charge is 0.163 e. The van der Waals surface area contributed by atoms with Crippen molar-refractivity contribution in [2.45, 2.75) is 65.5 Å². The predicted molar refractivity (Wildman–Crippen MR) is 133 cm³/mol. The van der Waals surface area contributed by atoms with Crippen molar-refractivity contribution in [1.82, 2.24) is 4.90 Å². The number of benzene rings is 2. The first kappa shape index (κ1) is 25.6. The van der Waals surface area contributed by atoms with E-state index >= 15 is 0 Å². The van der Waals surface area contributed by atoms with E-state index in [0.717, 1.165) is 32.1 Å². The first-order chi connectivity index (χ1) is 15.7. The summed E-state index contributed by atoms with van der Waals surface area (Å²) in [5.74, 6) is 1.20. The van der Waals surface area contributed by atoms with Crippen molar-refractivity contribution >= 4 is 18.2 Å². The van der Waals surface area contributed by atoms with E-state index in [1.54, 1.807) is 13.2 Å². The molecular formula is C27H38N2O3. The third-order valence-corrected chi connectivity index (χ3v) is 5.61. The number of likely N-dealkylation sites (N-methyl/N-ethyl adjacent to an activating group) is 1. The summed E-state index contributed by atoms with van der Waals surface area (Å²) < 4.78 is 11.4. The molecule has 0 saturated carbocycles. The Kier molecular flexibility index (Phi) is 10.9. The number of rotatable bonds is 10. The van der Waals surface area contributed by atoms with E-state index in [2.05, 4.69) is 48.1 Å². The molecule has 0 aliphatic carbocycles. The molecule has 0 radical (unpaired) electrons. The molecule has 1 unspecified atom stereocenters. The van der Waals surface area contributed by atoms with Gasteiger partial charge in [-0.1, -0.05) is 64.3 Å². The zero-order valence-electron chi connectivity index (χ0n) is 20.3. The second kappa shape index (κ2) is 13.7. The van der Waals surface area contributed by atoms with Crippen molar-refractivity contribution in [2.75, 3.05) is 20.8 Å². The van der Waals surface area contributed by atoms with Gasteiger partial charge in [-0.25, -0.2) is 0 Å². The molecule has 1 aliphatic heterocycles. The van der Waals surface area contributed by atoms with Gasteiger partial charge in [-0.2, -0.15) is 0 Å². The van der Waals surface area contributed by atoms with Gasteiger partial charge in [0.2, 0.25) is 0 Å². The number of nitrogens with zero attached hydrogens (tertiary/aromatic N) is 2. The maximum Gasteiger partial charge on any atom is 0.163 e. The Morgan fingerprint density at radius 1 is 1.09 bits per heavy atom. The summed E-state index contributed by atoms with van der Waals surface area (Å²) in [7, 11) is 3.69. The molecule has 5 nitrogen and oxygen atoms in total. The number of methoxy groups -OCH3 is 1. The summed E-state index contributed by atoms with van der Waals surface area (Å²) >= 11 is 0. The zero-order valence-corrected chi connectivity index (χ0v) is 20.3. The summed E-state index contributed by atoms with van der Waals surface area (Å²) in [5.41, 5.74) is 3.83. The molecule has 174 valence electrons. The van der Waals surface area contributed by atoms with Gasteiger partial charge in [-0.3, -0.25) is 14.7 Å². The minimum Gasteiger partial charge on any atom is -0.493 e. The molecule has 3 rings (SSSR count). The van der Waals surface area contributed by atoms with Crippen LogP contribution in [0, 0.1) is 0 Å².